The number of hydrogen-bond acceptors (Lipinski definition) is 3. The van der Waals surface area contributed by atoms with E-state index in [4.69, 9.17) is 4.74 Å². The van der Waals surface area contributed by atoms with Crippen molar-refractivity contribution >= 4 is 11.9 Å². The summed E-state index contributed by atoms with van der Waals surface area (Å²) in [7, 11) is 5.05. The van der Waals surface area contributed by atoms with Gasteiger partial charge in [-0.15, -0.1) is 0 Å². The van der Waals surface area contributed by atoms with Gasteiger partial charge in [0, 0.05) is 20.6 Å². The number of halogens is 1. The third-order valence-corrected chi connectivity index (χ3v) is 4.48. The molecule has 2 N–H and O–H groups in total. The summed E-state index contributed by atoms with van der Waals surface area (Å²) in [5.41, 5.74) is 3.01. The van der Waals surface area contributed by atoms with Gasteiger partial charge in [0.1, 0.15) is 11.6 Å². The molecule has 0 heterocycles. The molecular formula is C22H29FN4O2. The van der Waals surface area contributed by atoms with Crippen LogP contribution in [0.15, 0.2) is 47.5 Å². The summed E-state index contributed by atoms with van der Waals surface area (Å²) in [6.07, 6.45) is 0.719. The number of carbonyl (C=O) groups excluding carboxylic acids is 1. The van der Waals surface area contributed by atoms with Crippen LogP contribution in [-0.2, 0) is 17.8 Å². The van der Waals surface area contributed by atoms with E-state index in [1.165, 1.54) is 17.0 Å². The molecule has 2 aromatic rings. The monoisotopic (exact) mass is 400 g/mol. The van der Waals surface area contributed by atoms with Crippen molar-refractivity contribution in [3.05, 3.63) is 65.0 Å². The number of nitrogens with one attached hydrogen (secondary N) is 2. The molecule has 0 aliphatic heterocycles. The van der Waals surface area contributed by atoms with Crippen LogP contribution in [0.3, 0.4) is 0 Å². The SMILES string of the molecule is COc1ccc(CN=C(NCCc2ccc(F)cc2C)NCC(=O)N(C)C)cc1. The lowest BCUT2D eigenvalue weighted by atomic mass is 10.1. The van der Waals surface area contributed by atoms with E-state index in [0.717, 1.165) is 28.9 Å². The van der Waals surface area contributed by atoms with Gasteiger partial charge in [-0.2, -0.15) is 0 Å². The van der Waals surface area contributed by atoms with E-state index in [-0.39, 0.29) is 18.3 Å². The zero-order chi connectivity index (χ0) is 21.2. The van der Waals surface area contributed by atoms with E-state index in [2.05, 4.69) is 15.6 Å². The first-order valence-electron chi connectivity index (χ1n) is 9.49. The van der Waals surface area contributed by atoms with Gasteiger partial charge in [0.15, 0.2) is 5.96 Å². The smallest absolute Gasteiger partial charge is 0.241 e. The summed E-state index contributed by atoms with van der Waals surface area (Å²) < 4.78 is 18.4. The number of nitrogens with zero attached hydrogens (tertiary/aromatic N) is 2. The van der Waals surface area contributed by atoms with E-state index in [0.29, 0.717) is 19.0 Å². The highest BCUT2D eigenvalue weighted by molar-refractivity contribution is 5.86. The Hall–Kier alpha value is -3.09. The predicted molar refractivity (Wildman–Crippen MR) is 114 cm³/mol. The van der Waals surface area contributed by atoms with Crippen molar-refractivity contribution in [3.63, 3.8) is 0 Å². The number of hydrogen-bond donors (Lipinski definition) is 2. The van der Waals surface area contributed by atoms with Crippen LogP contribution in [0.4, 0.5) is 4.39 Å². The highest BCUT2D eigenvalue weighted by Gasteiger charge is 2.07. The molecule has 0 aliphatic rings. The number of aryl methyl sites for hydroxylation is 1. The van der Waals surface area contributed by atoms with Gasteiger partial charge in [-0.25, -0.2) is 9.38 Å². The van der Waals surface area contributed by atoms with E-state index in [9.17, 15) is 9.18 Å². The lowest BCUT2D eigenvalue weighted by Gasteiger charge is -2.15. The molecule has 2 aromatic carbocycles. The molecule has 0 aromatic heterocycles. The number of carbonyl (C=O) groups is 1. The van der Waals surface area contributed by atoms with Crippen LogP contribution in [0.25, 0.3) is 0 Å². The average molecular weight is 400 g/mol. The standard InChI is InChI=1S/C22H29FN4O2/c1-16-13-19(23)8-7-18(16)11-12-24-22(26-15-21(28)27(2)3)25-14-17-5-9-20(29-4)10-6-17/h5-10,13H,11-12,14-15H2,1-4H3,(H2,24,25,26). The van der Waals surface area contributed by atoms with Crippen LogP contribution in [0.5, 0.6) is 5.75 Å². The van der Waals surface area contributed by atoms with E-state index >= 15 is 0 Å². The van der Waals surface area contributed by atoms with Crippen LogP contribution in [-0.4, -0.2) is 51.1 Å². The normalized spacial score (nSPS) is 11.1. The zero-order valence-corrected chi connectivity index (χ0v) is 17.5. The largest absolute Gasteiger partial charge is 0.497 e. The highest BCUT2D eigenvalue weighted by Crippen LogP contribution is 2.12. The van der Waals surface area contributed by atoms with Crippen molar-refractivity contribution in [2.45, 2.75) is 19.9 Å². The minimum Gasteiger partial charge on any atom is -0.497 e. The molecule has 156 valence electrons. The van der Waals surface area contributed by atoms with Crippen molar-refractivity contribution < 1.29 is 13.9 Å². The highest BCUT2D eigenvalue weighted by atomic mass is 19.1. The van der Waals surface area contributed by atoms with Gasteiger partial charge in [-0.05, 0) is 54.3 Å². The van der Waals surface area contributed by atoms with Crippen molar-refractivity contribution in [2.24, 2.45) is 4.99 Å². The van der Waals surface area contributed by atoms with Crippen LogP contribution < -0.4 is 15.4 Å². The molecule has 0 atom stereocenters. The third kappa shape index (κ3) is 7.44. The van der Waals surface area contributed by atoms with E-state index < -0.39 is 0 Å². The molecule has 1 amide bonds. The number of guanidine groups is 1. The Morgan fingerprint density at radius 1 is 1.14 bits per heavy atom. The number of benzene rings is 2. The van der Waals surface area contributed by atoms with Gasteiger partial charge in [0.2, 0.25) is 5.91 Å². The van der Waals surface area contributed by atoms with Gasteiger partial charge < -0.3 is 20.3 Å². The number of methoxy groups -OCH3 is 1. The molecule has 0 unspecified atom stereocenters. The van der Waals surface area contributed by atoms with Gasteiger partial charge in [-0.3, -0.25) is 4.79 Å². The molecule has 0 fully saturated rings. The first-order chi connectivity index (χ1) is 13.9. The fourth-order valence-corrected chi connectivity index (χ4v) is 2.65. The summed E-state index contributed by atoms with van der Waals surface area (Å²) in [6, 6.07) is 12.5. The van der Waals surface area contributed by atoms with Gasteiger partial charge in [0.05, 0.1) is 20.2 Å². The average Bonchev–Trinajstić information content (AvgIpc) is 2.71. The van der Waals surface area contributed by atoms with Crippen molar-refractivity contribution in [1.29, 1.82) is 0 Å². The molecule has 0 saturated carbocycles. The number of aliphatic imine (C=N–C) groups is 1. The summed E-state index contributed by atoms with van der Waals surface area (Å²) in [5.74, 6) is 1.07. The first kappa shape index (κ1) is 22.2. The fraction of sp³-hybridized carbons (Fsp3) is 0.364. The Morgan fingerprint density at radius 2 is 1.86 bits per heavy atom. The van der Waals surface area contributed by atoms with Crippen molar-refractivity contribution in [3.8, 4) is 5.75 Å². The predicted octanol–water partition coefficient (Wildman–Crippen LogP) is 2.51. The second kappa shape index (κ2) is 11.0. The molecule has 0 saturated heterocycles. The summed E-state index contributed by atoms with van der Waals surface area (Å²) in [4.78, 5) is 18.0. The molecule has 29 heavy (non-hydrogen) atoms. The van der Waals surface area contributed by atoms with E-state index in [1.54, 1.807) is 27.3 Å². The minimum atomic E-state index is -0.232. The van der Waals surface area contributed by atoms with Crippen molar-refractivity contribution in [2.75, 3.05) is 34.3 Å². The van der Waals surface area contributed by atoms with Crippen LogP contribution in [0, 0.1) is 12.7 Å². The lowest BCUT2D eigenvalue weighted by Crippen LogP contribution is -2.43. The van der Waals surface area contributed by atoms with Crippen LogP contribution >= 0.6 is 0 Å². The van der Waals surface area contributed by atoms with Crippen LogP contribution in [0.1, 0.15) is 16.7 Å². The summed E-state index contributed by atoms with van der Waals surface area (Å²) >= 11 is 0. The lowest BCUT2D eigenvalue weighted by molar-refractivity contribution is -0.127. The molecule has 7 heteroatoms. The molecule has 0 aliphatic carbocycles. The third-order valence-electron chi connectivity index (χ3n) is 4.48. The first-order valence-corrected chi connectivity index (χ1v) is 9.49. The number of likely N-dealkylation sites (N-methyl/N-ethyl adjacent to an activating group) is 1. The fourth-order valence-electron chi connectivity index (χ4n) is 2.65. The maximum absolute atomic E-state index is 13.3. The Kier molecular flexibility index (Phi) is 8.45. The van der Waals surface area contributed by atoms with Gasteiger partial charge in [-0.1, -0.05) is 18.2 Å². The minimum absolute atomic E-state index is 0.0432. The van der Waals surface area contributed by atoms with Gasteiger partial charge in [0.25, 0.3) is 0 Å². The topological polar surface area (TPSA) is 66.0 Å². The Balaban J connectivity index is 1.99. The molecular weight excluding hydrogens is 371 g/mol. The number of amides is 1. The molecule has 2 rings (SSSR count). The van der Waals surface area contributed by atoms with E-state index in [1.807, 2.05) is 31.2 Å². The summed E-state index contributed by atoms with van der Waals surface area (Å²) in [6.45, 7) is 3.12. The second-order valence-corrected chi connectivity index (χ2v) is 6.90. The van der Waals surface area contributed by atoms with Crippen molar-refractivity contribution in [1.82, 2.24) is 15.5 Å². The number of rotatable bonds is 8. The summed E-state index contributed by atoms with van der Waals surface area (Å²) in [5, 5.41) is 6.31. The molecule has 0 bridgehead atoms. The van der Waals surface area contributed by atoms with Gasteiger partial charge >= 0.3 is 0 Å². The van der Waals surface area contributed by atoms with Crippen LogP contribution in [0.2, 0.25) is 0 Å². The quantitative estimate of drug-likeness (QED) is 0.528. The molecule has 0 radical (unpaired) electrons. The Morgan fingerprint density at radius 3 is 2.48 bits per heavy atom. The Bertz CT molecular complexity index is 835. The zero-order valence-electron chi connectivity index (χ0n) is 17.5. The molecule has 0 spiro atoms. The maximum atomic E-state index is 13.3. The second-order valence-electron chi connectivity index (χ2n) is 6.90. The number of ether oxygens (including phenoxy) is 1. The molecule has 6 nitrogen and oxygen atoms in total. The Labute approximate surface area is 171 Å². The maximum Gasteiger partial charge on any atom is 0.241 e.